The molecule has 2 aromatic carbocycles. The number of aliphatic hydroxyl groups is 1. The van der Waals surface area contributed by atoms with Gasteiger partial charge in [0.15, 0.2) is 11.7 Å². The molecule has 1 atom stereocenters. The van der Waals surface area contributed by atoms with Crippen LogP contribution in [0.3, 0.4) is 0 Å². The smallest absolute Gasteiger partial charge is 0.210 e. The van der Waals surface area contributed by atoms with Gasteiger partial charge in [0.05, 0.1) is 24.8 Å². The minimum atomic E-state index is -1.47. The molecule has 9 heteroatoms. The van der Waals surface area contributed by atoms with Crippen LogP contribution in [0, 0.1) is 12.7 Å². The van der Waals surface area contributed by atoms with Crippen molar-refractivity contribution in [3.05, 3.63) is 89.3 Å². The lowest BCUT2D eigenvalue weighted by atomic mass is 9.86. The predicted molar refractivity (Wildman–Crippen MR) is 122 cm³/mol. The fraction of sp³-hybridized carbons (Fsp3) is 0.240. The molecule has 0 aliphatic carbocycles. The zero-order valence-electron chi connectivity index (χ0n) is 18.7. The number of aromatic nitrogens is 5. The van der Waals surface area contributed by atoms with Crippen molar-refractivity contribution in [1.82, 2.24) is 24.3 Å². The zero-order valence-corrected chi connectivity index (χ0v) is 18.7. The average Bonchev–Trinajstić information content (AvgIpc) is 3.47. The number of methoxy groups -OCH3 is 1. The van der Waals surface area contributed by atoms with Crippen LogP contribution in [0.2, 0.25) is 0 Å². The van der Waals surface area contributed by atoms with Crippen LogP contribution in [-0.2, 0) is 12.1 Å². The molecule has 3 heterocycles. The summed E-state index contributed by atoms with van der Waals surface area (Å²) in [6.07, 6.45) is 5.89. The summed E-state index contributed by atoms with van der Waals surface area (Å²) >= 11 is 0. The largest absolute Gasteiger partial charge is 0.495 e. The Morgan fingerprint density at radius 1 is 1.21 bits per heavy atom. The van der Waals surface area contributed by atoms with Gasteiger partial charge in [0.25, 0.3) is 0 Å². The third kappa shape index (κ3) is 3.88. The van der Waals surface area contributed by atoms with E-state index in [2.05, 4.69) is 15.1 Å². The first-order valence-electron chi connectivity index (χ1n) is 10.9. The highest BCUT2D eigenvalue weighted by atomic mass is 19.1. The van der Waals surface area contributed by atoms with Crippen molar-refractivity contribution < 1.29 is 18.6 Å². The highest BCUT2D eigenvalue weighted by Crippen LogP contribution is 2.37. The molecule has 174 valence electrons. The Labute approximate surface area is 195 Å². The van der Waals surface area contributed by atoms with Gasteiger partial charge in [-0.2, -0.15) is 0 Å². The second-order valence-corrected chi connectivity index (χ2v) is 8.30. The summed E-state index contributed by atoms with van der Waals surface area (Å²) in [5.41, 5.74) is 1.24. The van der Waals surface area contributed by atoms with Crippen LogP contribution in [0.15, 0.2) is 55.0 Å². The predicted octanol–water partition coefficient (Wildman–Crippen LogP) is 4.42. The molecule has 7 nitrogen and oxygen atoms in total. The van der Waals surface area contributed by atoms with Gasteiger partial charge in [-0.15, -0.1) is 5.10 Å². The maximum Gasteiger partial charge on any atom is 0.210 e. The molecule has 0 saturated heterocycles. The van der Waals surface area contributed by atoms with Crippen LogP contribution in [-0.4, -0.2) is 36.5 Å². The second-order valence-electron chi connectivity index (χ2n) is 8.30. The summed E-state index contributed by atoms with van der Waals surface area (Å²) in [7, 11) is 1.55. The van der Waals surface area contributed by atoms with E-state index in [0.717, 1.165) is 11.4 Å². The Morgan fingerprint density at radius 2 is 2.00 bits per heavy atom. The molecule has 34 heavy (non-hydrogen) atoms. The molecule has 0 unspecified atom stereocenters. The highest BCUT2D eigenvalue weighted by Gasteiger charge is 2.40. The molecule has 4 aromatic rings. The van der Waals surface area contributed by atoms with Gasteiger partial charge in [0, 0.05) is 12.7 Å². The number of rotatable bonds is 5. The van der Waals surface area contributed by atoms with E-state index < -0.39 is 17.2 Å². The Bertz CT molecular complexity index is 1380. The number of benzene rings is 2. The van der Waals surface area contributed by atoms with E-state index in [1.165, 1.54) is 35.0 Å². The molecule has 1 aliphatic rings. The van der Waals surface area contributed by atoms with E-state index in [1.807, 2.05) is 23.8 Å². The van der Waals surface area contributed by atoms with E-state index in [9.17, 15) is 9.50 Å². The summed E-state index contributed by atoms with van der Waals surface area (Å²) in [5.74, 6) is -0.361. The minimum absolute atomic E-state index is 0.120. The fourth-order valence-corrected chi connectivity index (χ4v) is 4.26. The number of halogens is 2. The number of nitrogens with zero attached hydrogens (tertiary/aromatic N) is 5. The molecular weight excluding hydrogens is 440 g/mol. The molecule has 0 saturated carbocycles. The van der Waals surface area contributed by atoms with Crippen LogP contribution < -0.4 is 4.74 Å². The van der Waals surface area contributed by atoms with Crippen molar-refractivity contribution in [3.8, 4) is 11.4 Å². The Kier molecular flexibility index (Phi) is 5.49. The van der Waals surface area contributed by atoms with Crippen LogP contribution >= 0.6 is 0 Å². The number of ether oxygens (including phenoxy) is 1. The maximum atomic E-state index is 15.2. The number of hydrogen-bond acceptors (Lipinski definition) is 5. The summed E-state index contributed by atoms with van der Waals surface area (Å²) in [5, 5.41) is 15.6. The Hall–Kier alpha value is -3.85. The summed E-state index contributed by atoms with van der Waals surface area (Å²) in [6, 6.07) is 10.9. The molecule has 1 N–H and O–H groups in total. The quantitative estimate of drug-likeness (QED) is 0.474. The summed E-state index contributed by atoms with van der Waals surface area (Å²) < 4.78 is 37.4. The van der Waals surface area contributed by atoms with Gasteiger partial charge in [-0.3, -0.25) is 0 Å². The van der Waals surface area contributed by atoms with Crippen molar-refractivity contribution in [1.29, 1.82) is 0 Å². The van der Waals surface area contributed by atoms with Crippen LogP contribution in [0.5, 0.6) is 5.75 Å². The fourth-order valence-electron chi connectivity index (χ4n) is 4.26. The standard InChI is InChI=1S/C25H23F2N5O2/c1-16-14-31(15-28-16)21-9-4-17(13-22(21)34-2)12-20(27)23-29-24-25(33,10-3-11-32(24)30-23)18-5-7-19(26)8-6-18/h4-9,12-15,33H,3,10-11H2,1-2H3/b20-12-/t25-/m0/s1. The van der Waals surface area contributed by atoms with E-state index in [1.54, 1.807) is 25.6 Å². The minimum Gasteiger partial charge on any atom is -0.495 e. The van der Waals surface area contributed by atoms with Crippen molar-refractivity contribution in [2.24, 2.45) is 0 Å². The molecule has 5 rings (SSSR count). The first-order chi connectivity index (χ1) is 16.4. The molecule has 1 aliphatic heterocycles. The van der Waals surface area contributed by atoms with E-state index in [0.29, 0.717) is 36.3 Å². The molecule has 0 spiro atoms. The van der Waals surface area contributed by atoms with Gasteiger partial charge in [-0.25, -0.2) is 23.4 Å². The van der Waals surface area contributed by atoms with Crippen molar-refractivity contribution in [2.45, 2.75) is 31.9 Å². The molecule has 0 fully saturated rings. The topological polar surface area (TPSA) is 78.0 Å². The van der Waals surface area contributed by atoms with Crippen LogP contribution in [0.1, 0.15) is 41.3 Å². The summed E-state index contributed by atoms with van der Waals surface area (Å²) in [4.78, 5) is 8.56. The van der Waals surface area contributed by atoms with Gasteiger partial charge in [0.1, 0.15) is 17.2 Å². The second kappa shape index (κ2) is 8.49. The lowest BCUT2D eigenvalue weighted by molar-refractivity contribution is 0.0394. The first kappa shape index (κ1) is 22.0. The van der Waals surface area contributed by atoms with Crippen LogP contribution in [0.25, 0.3) is 17.6 Å². The Balaban J connectivity index is 1.48. The van der Waals surface area contributed by atoms with Gasteiger partial charge in [0.2, 0.25) is 5.82 Å². The van der Waals surface area contributed by atoms with Gasteiger partial charge >= 0.3 is 0 Å². The van der Waals surface area contributed by atoms with Crippen LogP contribution in [0.4, 0.5) is 8.78 Å². The third-order valence-corrected chi connectivity index (χ3v) is 5.97. The lowest BCUT2D eigenvalue weighted by Gasteiger charge is -2.31. The molecule has 0 bridgehead atoms. The number of imidazole rings is 1. The molecular formula is C25H23F2N5O2. The highest BCUT2D eigenvalue weighted by molar-refractivity contribution is 5.75. The van der Waals surface area contributed by atoms with Crippen molar-refractivity contribution in [2.75, 3.05) is 7.11 Å². The van der Waals surface area contributed by atoms with Gasteiger partial charge in [-0.1, -0.05) is 18.2 Å². The van der Waals surface area contributed by atoms with Crippen molar-refractivity contribution >= 4 is 11.9 Å². The van der Waals surface area contributed by atoms with Gasteiger partial charge in [-0.05, 0) is 61.2 Å². The summed E-state index contributed by atoms with van der Waals surface area (Å²) in [6.45, 7) is 2.40. The Morgan fingerprint density at radius 3 is 2.71 bits per heavy atom. The number of hydrogen-bond donors (Lipinski definition) is 1. The number of fused-ring (bicyclic) bond motifs is 1. The van der Waals surface area contributed by atoms with E-state index in [-0.39, 0.29) is 11.6 Å². The van der Waals surface area contributed by atoms with Crippen molar-refractivity contribution in [3.63, 3.8) is 0 Å². The third-order valence-electron chi connectivity index (χ3n) is 5.97. The molecule has 2 aromatic heterocycles. The monoisotopic (exact) mass is 463 g/mol. The molecule has 0 radical (unpaired) electrons. The maximum absolute atomic E-state index is 15.2. The SMILES string of the molecule is COc1cc(/C=C(\F)c2nc3n(n2)CCC[C@]3(O)c2ccc(F)cc2)ccc1-n1cnc(C)c1. The normalized spacial score (nSPS) is 18.1. The van der Waals surface area contributed by atoms with E-state index in [4.69, 9.17) is 4.74 Å². The van der Waals surface area contributed by atoms with E-state index >= 15 is 4.39 Å². The average molecular weight is 463 g/mol. The lowest BCUT2D eigenvalue weighted by Crippen LogP contribution is -2.35. The zero-order chi connectivity index (χ0) is 23.9. The first-order valence-corrected chi connectivity index (χ1v) is 10.9. The molecule has 0 amide bonds. The number of aryl methyl sites for hydroxylation is 2. The van der Waals surface area contributed by atoms with Gasteiger partial charge < -0.3 is 14.4 Å².